The van der Waals surface area contributed by atoms with Crippen LogP contribution in [0.15, 0.2) is 18.2 Å². The van der Waals surface area contributed by atoms with Gasteiger partial charge in [-0.15, -0.1) is 0 Å². The van der Waals surface area contributed by atoms with Crippen LogP contribution in [-0.2, 0) is 9.53 Å². The molecule has 1 saturated carbocycles. The fraction of sp³-hybridized carbons (Fsp3) is 0.588. The highest BCUT2D eigenvalue weighted by Gasteiger charge is 2.63. The minimum absolute atomic E-state index is 0.108. The molecule has 0 heterocycles. The van der Waals surface area contributed by atoms with Crippen LogP contribution >= 0.6 is 0 Å². The molecule has 1 aromatic carbocycles. The van der Waals surface area contributed by atoms with Crippen LogP contribution in [-0.4, -0.2) is 24.2 Å². The van der Waals surface area contributed by atoms with Gasteiger partial charge in [0.05, 0.1) is 12.1 Å². The van der Waals surface area contributed by atoms with E-state index in [1.165, 1.54) is 13.0 Å². The summed E-state index contributed by atoms with van der Waals surface area (Å²) in [4.78, 5) is 12.6. The van der Waals surface area contributed by atoms with Gasteiger partial charge in [-0.05, 0) is 26.0 Å². The summed E-state index contributed by atoms with van der Waals surface area (Å²) in [6.45, 7) is 7.70. The standard InChI is InChI=1S/C17H24F2N2O2/c1-5-23-13-9-17(20,16(13,3)4)15(22)21-10(2)14-11(18)7-6-8-12(14)19/h6-8,10,13H,5,9,20H2,1-4H3,(H,21,22). The van der Waals surface area contributed by atoms with Crippen molar-refractivity contribution in [2.75, 3.05) is 6.61 Å². The molecule has 23 heavy (non-hydrogen) atoms. The fourth-order valence-electron chi connectivity index (χ4n) is 3.14. The number of amides is 1. The smallest absolute Gasteiger partial charge is 0.241 e. The van der Waals surface area contributed by atoms with Gasteiger partial charge in [-0.1, -0.05) is 19.9 Å². The highest BCUT2D eigenvalue weighted by Crippen LogP contribution is 2.50. The van der Waals surface area contributed by atoms with Crippen LogP contribution in [0.25, 0.3) is 0 Å². The number of carbonyl (C=O) groups is 1. The number of rotatable bonds is 5. The third kappa shape index (κ3) is 2.85. The van der Waals surface area contributed by atoms with E-state index in [2.05, 4.69) is 5.32 Å². The molecule has 0 bridgehead atoms. The van der Waals surface area contributed by atoms with Gasteiger partial charge in [0, 0.05) is 24.0 Å². The predicted molar refractivity (Wildman–Crippen MR) is 83.6 cm³/mol. The third-order valence-electron chi connectivity index (χ3n) is 5.02. The second-order valence-corrected chi connectivity index (χ2v) is 6.67. The van der Waals surface area contributed by atoms with Crippen molar-refractivity contribution in [1.29, 1.82) is 0 Å². The van der Waals surface area contributed by atoms with Crippen LogP contribution < -0.4 is 11.1 Å². The summed E-state index contributed by atoms with van der Waals surface area (Å²) in [5.74, 6) is -1.80. The first-order chi connectivity index (χ1) is 10.6. The van der Waals surface area contributed by atoms with Gasteiger partial charge >= 0.3 is 0 Å². The summed E-state index contributed by atoms with van der Waals surface area (Å²) in [6.07, 6.45) is 0.273. The Morgan fingerprint density at radius 3 is 2.48 bits per heavy atom. The molecule has 0 aliphatic heterocycles. The topological polar surface area (TPSA) is 64.3 Å². The Balaban J connectivity index is 2.13. The highest BCUT2D eigenvalue weighted by molar-refractivity contribution is 5.89. The van der Waals surface area contributed by atoms with E-state index in [0.29, 0.717) is 13.0 Å². The van der Waals surface area contributed by atoms with Gasteiger partial charge < -0.3 is 15.8 Å². The molecule has 3 unspecified atom stereocenters. The first-order valence-electron chi connectivity index (χ1n) is 7.80. The van der Waals surface area contributed by atoms with Crippen molar-refractivity contribution in [1.82, 2.24) is 5.32 Å². The Morgan fingerprint density at radius 2 is 2.00 bits per heavy atom. The van der Waals surface area contributed by atoms with Crippen molar-refractivity contribution >= 4 is 5.91 Å². The second-order valence-electron chi connectivity index (χ2n) is 6.67. The lowest BCUT2D eigenvalue weighted by Gasteiger charge is -2.57. The molecular weight excluding hydrogens is 302 g/mol. The predicted octanol–water partition coefficient (Wildman–Crippen LogP) is 2.67. The molecule has 1 aliphatic rings. The number of benzene rings is 1. The van der Waals surface area contributed by atoms with E-state index in [0.717, 1.165) is 12.1 Å². The molecule has 1 amide bonds. The number of nitrogens with one attached hydrogen (secondary N) is 1. The minimum Gasteiger partial charge on any atom is -0.378 e. The van der Waals surface area contributed by atoms with E-state index in [-0.39, 0.29) is 11.7 Å². The fourth-order valence-corrected chi connectivity index (χ4v) is 3.14. The lowest BCUT2D eigenvalue weighted by atomic mass is 9.54. The number of hydrogen-bond donors (Lipinski definition) is 2. The highest BCUT2D eigenvalue weighted by atomic mass is 19.1. The summed E-state index contributed by atoms with van der Waals surface area (Å²) >= 11 is 0. The third-order valence-corrected chi connectivity index (χ3v) is 5.02. The molecule has 128 valence electrons. The molecule has 1 fully saturated rings. The molecule has 0 radical (unpaired) electrons. The molecule has 2 rings (SSSR count). The molecule has 1 aliphatic carbocycles. The maximum atomic E-state index is 13.8. The van der Waals surface area contributed by atoms with Crippen molar-refractivity contribution in [2.24, 2.45) is 11.1 Å². The van der Waals surface area contributed by atoms with Gasteiger partial charge in [-0.25, -0.2) is 8.78 Å². The number of carbonyl (C=O) groups excluding carboxylic acids is 1. The number of halogens is 2. The van der Waals surface area contributed by atoms with Crippen LogP contribution in [0.5, 0.6) is 0 Å². The summed E-state index contributed by atoms with van der Waals surface area (Å²) in [5.41, 5.74) is 4.43. The zero-order valence-corrected chi connectivity index (χ0v) is 14.0. The van der Waals surface area contributed by atoms with E-state index in [4.69, 9.17) is 10.5 Å². The normalized spacial score (nSPS) is 27.2. The first-order valence-corrected chi connectivity index (χ1v) is 7.80. The van der Waals surface area contributed by atoms with Gasteiger partial charge in [-0.3, -0.25) is 4.79 Å². The van der Waals surface area contributed by atoms with Gasteiger partial charge in [0.25, 0.3) is 0 Å². The molecule has 6 heteroatoms. The average Bonchev–Trinajstić information content (AvgIpc) is 2.46. The summed E-state index contributed by atoms with van der Waals surface area (Å²) in [6, 6.07) is 2.80. The molecule has 0 spiro atoms. The van der Waals surface area contributed by atoms with E-state index >= 15 is 0 Å². The molecule has 1 aromatic rings. The van der Waals surface area contributed by atoms with Crippen LogP contribution in [0.3, 0.4) is 0 Å². The zero-order valence-electron chi connectivity index (χ0n) is 14.0. The number of hydrogen-bond acceptors (Lipinski definition) is 3. The van der Waals surface area contributed by atoms with E-state index < -0.39 is 34.5 Å². The van der Waals surface area contributed by atoms with Gasteiger partial charge in [0.1, 0.15) is 17.2 Å². The van der Waals surface area contributed by atoms with Gasteiger partial charge in [0.15, 0.2) is 0 Å². The molecule has 0 aromatic heterocycles. The number of ether oxygens (including phenoxy) is 1. The van der Waals surface area contributed by atoms with Crippen molar-refractivity contribution in [2.45, 2.75) is 51.8 Å². The summed E-state index contributed by atoms with van der Waals surface area (Å²) < 4.78 is 33.2. The van der Waals surface area contributed by atoms with Crippen LogP contribution in [0, 0.1) is 17.0 Å². The first kappa shape index (κ1) is 17.8. The Hall–Kier alpha value is -1.53. The maximum absolute atomic E-state index is 13.8. The largest absolute Gasteiger partial charge is 0.378 e. The van der Waals surface area contributed by atoms with Crippen LogP contribution in [0.4, 0.5) is 8.78 Å². The Kier molecular flexibility index (Phi) is 4.78. The van der Waals surface area contributed by atoms with Crippen molar-refractivity contribution in [3.63, 3.8) is 0 Å². The summed E-state index contributed by atoms with van der Waals surface area (Å²) in [7, 11) is 0. The molecule has 3 N–H and O–H groups in total. The van der Waals surface area contributed by atoms with Crippen molar-refractivity contribution in [3.05, 3.63) is 35.4 Å². The van der Waals surface area contributed by atoms with Crippen LogP contribution in [0.2, 0.25) is 0 Å². The lowest BCUT2D eigenvalue weighted by molar-refractivity contribution is -0.171. The molecule has 4 nitrogen and oxygen atoms in total. The SMILES string of the molecule is CCOC1CC(N)(C(=O)NC(C)c2c(F)cccc2F)C1(C)C. The Morgan fingerprint density at radius 1 is 1.43 bits per heavy atom. The molecule has 0 saturated heterocycles. The zero-order chi connectivity index (χ0) is 17.4. The average molecular weight is 326 g/mol. The minimum atomic E-state index is -1.12. The summed E-state index contributed by atoms with van der Waals surface area (Å²) in [5, 5.41) is 2.64. The van der Waals surface area contributed by atoms with E-state index in [1.807, 2.05) is 20.8 Å². The van der Waals surface area contributed by atoms with Gasteiger partial charge in [0.2, 0.25) is 5.91 Å². The molecule has 3 atom stereocenters. The van der Waals surface area contributed by atoms with E-state index in [9.17, 15) is 13.6 Å². The quantitative estimate of drug-likeness (QED) is 0.874. The molecular formula is C17H24F2N2O2. The van der Waals surface area contributed by atoms with Crippen molar-refractivity contribution < 1.29 is 18.3 Å². The van der Waals surface area contributed by atoms with E-state index in [1.54, 1.807) is 0 Å². The van der Waals surface area contributed by atoms with Gasteiger partial charge in [-0.2, -0.15) is 0 Å². The lowest BCUT2D eigenvalue weighted by Crippen LogP contribution is -2.75. The Labute approximate surface area is 135 Å². The van der Waals surface area contributed by atoms with Crippen LogP contribution in [0.1, 0.15) is 45.7 Å². The maximum Gasteiger partial charge on any atom is 0.241 e. The monoisotopic (exact) mass is 326 g/mol. The van der Waals surface area contributed by atoms with Crippen molar-refractivity contribution in [3.8, 4) is 0 Å². The Bertz CT molecular complexity index is 586. The number of nitrogens with two attached hydrogens (primary N) is 1. The second kappa shape index (κ2) is 6.17.